The Labute approximate surface area is 329 Å². The second-order valence-electron chi connectivity index (χ2n) is 14.7. The number of hydrogen-bond donors (Lipinski definition) is 0. The van der Waals surface area contributed by atoms with Gasteiger partial charge in [0.25, 0.3) is 0 Å². The summed E-state index contributed by atoms with van der Waals surface area (Å²) in [4.78, 5) is 60.2. The van der Waals surface area contributed by atoms with Crippen molar-refractivity contribution in [3.8, 4) is 34.4 Å². The molecule has 2 aromatic heterocycles. The highest BCUT2D eigenvalue weighted by atomic mass is 16.5. The molecule has 2 heterocycles. The van der Waals surface area contributed by atoms with Gasteiger partial charge < -0.3 is 18.3 Å². The fourth-order valence-electron chi connectivity index (χ4n) is 6.79. The highest BCUT2D eigenvalue weighted by molar-refractivity contribution is 5.83. The van der Waals surface area contributed by atoms with Crippen molar-refractivity contribution < 1.29 is 27.9 Å². The lowest BCUT2D eigenvalue weighted by atomic mass is 10.1. The number of ether oxygens (including phenoxy) is 2. The lowest BCUT2D eigenvalue weighted by molar-refractivity contribution is -0.135. The summed E-state index contributed by atoms with van der Waals surface area (Å²) < 4.78 is 22.2. The molecule has 5 aromatic rings. The molecule has 0 aliphatic rings. The topological polar surface area (TPSA) is 139 Å². The standard InChI is InChI=1S/C46H56N2O8/c1-3-5-7-9-11-13-15-17-19-24-41(49)53-35-26-28-39-37(31-35)45(51)55-43(47-39)33-22-21-23-34(30-33)44-48-40-29-27-36(32-38(40)46(52)56-44)54-42(50)25-20-18-16-14-12-10-8-6-4-2/h21-23,26-32H,3-20,24-25H2,1-2H3. The third-order valence-electron chi connectivity index (χ3n) is 9.99. The van der Waals surface area contributed by atoms with Crippen LogP contribution in [0.15, 0.2) is 79.1 Å². The molecule has 5 rings (SSSR count). The molecule has 0 unspecified atom stereocenters. The summed E-state index contributed by atoms with van der Waals surface area (Å²) >= 11 is 0. The molecule has 56 heavy (non-hydrogen) atoms. The van der Waals surface area contributed by atoms with E-state index in [-0.39, 0.29) is 46.0 Å². The van der Waals surface area contributed by atoms with Crippen LogP contribution in [0.2, 0.25) is 0 Å². The van der Waals surface area contributed by atoms with E-state index in [4.69, 9.17) is 18.3 Å². The molecule has 298 valence electrons. The zero-order valence-corrected chi connectivity index (χ0v) is 33.1. The van der Waals surface area contributed by atoms with Gasteiger partial charge >= 0.3 is 23.2 Å². The monoisotopic (exact) mass is 764 g/mol. The summed E-state index contributed by atoms with van der Waals surface area (Å²) in [6.45, 7) is 4.43. The lowest BCUT2D eigenvalue weighted by Crippen LogP contribution is -2.09. The number of nitrogens with zero attached hydrogens (tertiary/aromatic N) is 2. The van der Waals surface area contributed by atoms with Crippen LogP contribution in [0.25, 0.3) is 44.7 Å². The minimum Gasteiger partial charge on any atom is -0.427 e. The number of rotatable bonds is 24. The van der Waals surface area contributed by atoms with Crippen LogP contribution in [-0.4, -0.2) is 21.9 Å². The maximum atomic E-state index is 13.1. The molecule has 10 nitrogen and oxygen atoms in total. The van der Waals surface area contributed by atoms with E-state index >= 15 is 0 Å². The summed E-state index contributed by atoms with van der Waals surface area (Å²) in [5.41, 5.74) is 0.425. The number of hydrogen-bond acceptors (Lipinski definition) is 10. The molecule has 3 aromatic carbocycles. The van der Waals surface area contributed by atoms with Crippen molar-refractivity contribution in [3.05, 3.63) is 81.5 Å². The molecule has 0 aliphatic carbocycles. The summed E-state index contributed by atoms with van der Waals surface area (Å²) in [5.74, 6) is -0.0167. The average Bonchev–Trinajstić information content (AvgIpc) is 3.20. The molecule has 0 amide bonds. The van der Waals surface area contributed by atoms with E-state index in [9.17, 15) is 19.2 Å². The van der Waals surface area contributed by atoms with Gasteiger partial charge in [-0.2, -0.15) is 0 Å². The molecule has 0 radical (unpaired) electrons. The molecule has 0 saturated carbocycles. The number of aromatic nitrogens is 2. The zero-order valence-electron chi connectivity index (χ0n) is 33.1. The van der Waals surface area contributed by atoms with Crippen LogP contribution >= 0.6 is 0 Å². The molecule has 0 bridgehead atoms. The van der Waals surface area contributed by atoms with E-state index in [0.717, 1.165) is 38.5 Å². The fourth-order valence-corrected chi connectivity index (χ4v) is 6.79. The van der Waals surface area contributed by atoms with Crippen molar-refractivity contribution >= 4 is 33.7 Å². The van der Waals surface area contributed by atoms with Crippen molar-refractivity contribution in [2.24, 2.45) is 0 Å². The summed E-state index contributed by atoms with van der Waals surface area (Å²) in [6.07, 6.45) is 21.5. The van der Waals surface area contributed by atoms with E-state index in [1.54, 1.807) is 48.5 Å². The number of carbonyl (C=O) groups is 2. The van der Waals surface area contributed by atoms with Crippen LogP contribution in [0.1, 0.15) is 142 Å². The number of benzene rings is 3. The summed E-state index contributed by atoms with van der Waals surface area (Å²) in [6, 6.07) is 16.2. The predicted molar refractivity (Wildman–Crippen MR) is 220 cm³/mol. The van der Waals surface area contributed by atoms with Crippen molar-refractivity contribution in [1.82, 2.24) is 9.97 Å². The minimum absolute atomic E-state index is 0.0662. The Kier molecular flexibility index (Phi) is 16.8. The van der Waals surface area contributed by atoms with Crippen molar-refractivity contribution in [3.63, 3.8) is 0 Å². The van der Waals surface area contributed by atoms with Gasteiger partial charge in [-0.05, 0) is 67.4 Å². The number of esters is 2. The Morgan fingerprint density at radius 2 is 0.875 bits per heavy atom. The van der Waals surface area contributed by atoms with Gasteiger partial charge in [0.2, 0.25) is 11.8 Å². The SMILES string of the molecule is CCCCCCCCCCCC(=O)Oc1ccc2nc(-c3cccc(-c4nc5ccc(OC(=O)CCCCCCCCCCC)cc5c(=O)o4)c3)oc(=O)c2c1. The van der Waals surface area contributed by atoms with Crippen LogP contribution in [0.4, 0.5) is 0 Å². The van der Waals surface area contributed by atoms with Gasteiger partial charge in [-0.15, -0.1) is 0 Å². The first-order valence-electron chi connectivity index (χ1n) is 20.8. The first-order chi connectivity index (χ1) is 27.3. The molecule has 0 N–H and O–H groups in total. The third-order valence-corrected chi connectivity index (χ3v) is 9.99. The van der Waals surface area contributed by atoms with E-state index in [1.165, 1.54) is 89.2 Å². The molecular formula is C46H56N2O8. The maximum absolute atomic E-state index is 13.1. The predicted octanol–water partition coefficient (Wildman–Crippen LogP) is 11.7. The Bertz CT molecular complexity index is 2010. The van der Waals surface area contributed by atoms with Gasteiger partial charge in [0.15, 0.2) is 0 Å². The molecule has 0 saturated heterocycles. The van der Waals surface area contributed by atoms with Gasteiger partial charge in [0, 0.05) is 24.0 Å². The van der Waals surface area contributed by atoms with E-state index in [2.05, 4.69) is 23.8 Å². The normalized spacial score (nSPS) is 11.3. The van der Waals surface area contributed by atoms with Crippen LogP contribution in [0.3, 0.4) is 0 Å². The zero-order chi connectivity index (χ0) is 39.5. The average molecular weight is 765 g/mol. The number of carbonyl (C=O) groups excluding carboxylic acids is 2. The van der Waals surface area contributed by atoms with Crippen LogP contribution in [0, 0.1) is 0 Å². The second kappa shape index (κ2) is 22.4. The molecular weight excluding hydrogens is 709 g/mol. The number of fused-ring (bicyclic) bond motifs is 2. The third kappa shape index (κ3) is 13.0. The highest BCUT2D eigenvalue weighted by Gasteiger charge is 2.16. The van der Waals surface area contributed by atoms with E-state index < -0.39 is 11.3 Å². The molecule has 0 atom stereocenters. The first kappa shape index (κ1) is 42.0. The van der Waals surface area contributed by atoms with E-state index in [1.807, 2.05) is 0 Å². The van der Waals surface area contributed by atoms with Crippen molar-refractivity contribution in [1.29, 1.82) is 0 Å². The first-order valence-corrected chi connectivity index (χ1v) is 20.8. The summed E-state index contributed by atoms with van der Waals surface area (Å²) in [7, 11) is 0. The van der Waals surface area contributed by atoms with Gasteiger partial charge in [-0.1, -0.05) is 123 Å². The maximum Gasteiger partial charge on any atom is 0.347 e. The van der Waals surface area contributed by atoms with Crippen LogP contribution in [0.5, 0.6) is 11.5 Å². The van der Waals surface area contributed by atoms with Crippen LogP contribution < -0.4 is 20.7 Å². The second-order valence-corrected chi connectivity index (χ2v) is 14.7. The van der Waals surface area contributed by atoms with E-state index in [0.29, 0.717) is 35.0 Å². The molecule has 10 heteroatoms. The quantitative estimate of drug-likeness (QED) is 0.0339. The molecule has 0 spiro atoms. The smallest absolute Gasteiger partial charge is 0.347 e. The Morgan fingerprint density at radius 3 is 1.27 bits per heavy atom. The fraction of sp³-hybridized carbons (Fsp3) is 0.478. The van der Waals surface area contributed by atoms with Gasteiger partial charge in [-0.3, -0.25) is 9.59 Å². The largest absolute Gasteiger partial charge is 0.427 e. The van der Waals surface area contributed by atoms with Crippen molar-refractivity contribution in [2.75, 3.05) is 0 Å². The van der Waals surface area contributed by atoms with Crippen molar-refractivity contribution in [2.45, 2.75) is 142 Å². The van der Waals surface area contributed by atoms with Crippen LogP contribution in [-0.2, 0) is 9.59 Å². The number of unbranched alkanes of at least 4 members (excludes halogenated alkanes) is 16. The highest BCUT2D eigenvalue weighted by Crippen LogP contribution is 2.27. The molecule has 0 fully saturated rings. The van der Waals surface area contributed by atoms with Gasteiger partial charge in [0.1, 0.15) is 11.5 Å². The van der Waals surface area contributed by atoms with Gasteiger partial charge in [0.05, 0.1) is 21.8 Å². The summed E-state index contributed by atoms with van der Waals surface area (Å²) in [5, 5.41) is 0.378. The van der Waals surface area contributed by atoms with Gasteiger partial charge in [-0.25, -0.2) is 19.6 Å². The Balaban J connectivity index is 1.16. The molecule has 0 aliphatic heterocycles. The Hall–Kier alpha value is -5.12. The minimum atomic E-state index is -0.632. The lowest BCUT2D eigenvalue weighted by Gasteiger charge is -2.08. The Morgan fingerprint density at radius 1 is 0.500 bits per heavy atom.